The molecule has 1 aromatic heterocycles. The fourth-order valence-electron chi connectivity index (χ4n) is 1.47. The van der Waals surface area contributed by atoms with E-state index in [1.807, 2.05) is 24.3 Å². The number of benzene rings is 1. The molecule has 1 N–H and O–H groups in total. The third-order valence-electron chi connectivity index (χ3n) is 2.33. The van der Waals surface area contributed by atoms with Crippen LogP contribution in [-0.2, 0) is 6.54 Å². The maximum absolute atomic E-state index is 4.41. The lowest BCUT2D eigenvalue weighted by Crippen LogP contribution is -2.14. The molecule has 0 unspecified atom stereocenters. The average Bonchev–Trinajstić information content (AvgIpc) is 2.79. The van der Waals surface area contributed by atoms with Gasteiger partial charge in [0.1, 0.15) is 0 Å². The van der Waals surface area contributed by atoms with Crippen molar-refractivity contribution in [2.75, 3.05) is 6.54 Å². The van der Waals surface area contributed by atoms with Gasteiger partial charge in [0.25, 0.3) is 0 Å². The van der Waals surface area contributed by atoms with E-state index in [2.05, 4.69) is 38.4 Å². The molecule has 0 saturated heterocycles. The lowest BCUT2D eigenvalue weighted by Gasteiger charge is -2.00. The SMILES string of the molecule is CCCNCc1cnn(-c2ccc(Br)cc2)n1. The Kier molecular flexibility index (Phi) is 4.28. The molecule has 0 aliphatic rings. The van der Waals surface area contributed by atoms with Crippen LogP contribution in [0.4, 0.5) is 0 Å². The van der Waals surface area contributed by atoms with E-state index in [4.69, 9.17) is 0 Å². The molecule has 1 aromatic carbocycles. The van der Waals surface area contributed by atoms with E-state index in [-0.39, 0.29) is 0 Å². The normalized spacial score (nSPS) is 10.7. The van der Waals surface area contributed by atoms with Gasteiger partial charge in [0.2, 0.25) is 0 Å². The molecule has 5 heteroatoms. The van der Waals surface area contributed by atoms with Crippen LogP contribution >= 0.6 is 15.9 Å². The molecule has 17 heavy (non-hydrogen) atoms. The first-order chi connectivity index (χ1) is 8.29. The molecule has 2 rings (SSSR count). The quantitative estimate of drug-likeness (QED) is 0.862. The van der Waals surface area contributed by atoms with E-state index in [0.717, 1.165) is 35.4 Å². The van der Waals surface area contributed by atoms with Gasteiger partial charge >= 0.3 is 0 Å². The summed E-state index contributed by atoms with van der Waals surface area (Å²) in [5.41, 5.74) is 1.93. The Balaban J connectivity index is 2.04. The third-order valence-corrected chi connectivity index (χ3v) is 2.86. The number of nitrogens with zero attached hydrogens (tertiary/aromatic N) is 3. The molecule has 0 aliphatic carbocycles. The predicted molar refractivity (Wildman–Crippen MR) is 71.1 cm³/mol. The molecule has 0 radical (unpaired) electrons. The Morgan fingerprint density at radius 1 is 1.29 bits per heavy atom. The largest absolute Gasteiger partial charge is 0.311 e. The minimum atomic E-state index is 0.768. The molecule has 4 nitrogen and oxygen atoms in total. The number of rotatable bonds is 5. The van der Waals surface area contributed by atoms with Crippen molar-refractivity contribution in [2.24, 2.45) is 0 Å². The first kappa shape index (κ1) is 12.3. The highest BCUT2D eigenvalue weighted by atomic mass is 79.9. The van der Waals surface area contributed by atoms with Gasteiger partial charge in [0, 0.05) is 11.0 Å². The van der Waals surface area contributed by atoms with Crippen molar-refractivity contribution in [3.63, 3.8) is 0 Å². The van der Waals surface area contributed by atoms with E-state index < -0.39 is 0 Å². The van der Waals surface area contributed by atoms with Crippen molar-refractivity contribution in [1.82, 2.24) is 20.3 Å². The van der Waals surface area contributed by atoms with Crippen molar-refractivity contribution in [3.8, 4) is 5.69 Å². The summed E-state index contributed by atoms with van der Waals surface area (Å²) in [6, 6.07) is 7.92. The number of nitrogens with one attached hydrogen (secondary N) is 1. The van der Waals surface area contributed by atoms with Crippen LogP contribution in [0.25, 0.3) is 5.69 Å². The van der Waals surface area contributed by atoms with E-state index in [9.17, 15) is 0 Å². The summed E-state index contributed by atoms with van der Waals surface area (Å²) in [6.45, 7) is 3.92. The van der Waals surface area contributed by atoms with Gasteiger partial charge < -0.3 is 5.32 Å². The Hall–Kier alpha value is -1.20. The fraction of sp³-hybridized carbons (Fsp3) is 0.333. The van der Waals surface area contributed by atoms with Crippen LogP contribution in [0.2, 0.25) is 0 Å². The Morgan fingerprint density at radius 2 is 2.06 bits per heavy atom. The second-order valence-corrected chi connectivity index (χ2v) is 4.69. The van der Waals surface area contributed by atoms with Gasteiger partial charge in [0.05, 0.1) is 17.6 Å². The molecule has 90 valence electrons. The van der Waals surface area contributed by atoms with Crippen LogP contribution in [-0.4, -0.2) is 21.5 Å². The molecule has 0 atom stereocenters. The summed E-state index contributed by atoms with van der Waals surface area (Å²) in [4.78, 5) is 1.65. The number of aromatic nitrogens is 3. The zero-order chi connectivity index (χ0) is 12.1. The van der Waals surface area contributed by atoms with Crippen LogP contribution in [0.15, 0.2) is 34.9 Å². The Bertz CT molecular complexity index is 464. The topological polar surface area (TPSA) is 42.7 Å². The molecule has 0 amide bonds. The van der Waals surface area contributed by atoms with Crippen LogP contribution in [0.3, 0.4) is 0 Å². The van der Waals surface area contributed by atoms with Gasteiger partial charge in [-0.2, -0.15) is 15.0 Å². The number of halogens is 1. The van der Waals surface area contributed by atoms with Crippen molar-refractivity contribution in [1.29, 1.82) is 0 Å². The second kappa shape index (κ2) is 5.93. The molecule has 0 fully saturated rings. The Morgan fingerprint density at radius 3 is 2.76 bits per heavy atom. The highest BCUT2D eigenvalue weighted by Gasteiger charge is 2.02. The molecule has 1 heterocycles. The van der Waals surface area contributed by atoms with Crippen LogP contribution < -0.4 is 5.32 Å². The first-order valence-corrected chi connectivity index (χ1v) is 6.47. The van der Waals surface area contributed by atoms with E-state index in [1.165, 1.54) is 0 Å². The van der Waals surface area contributed by atoms with E-state index in [0.29, 0.717) is 0 Å². The van der Waals surface area contributed by atoms with Crippen LogP contribution in [0.5, 0.6) is 0 Å². The van der Waals surface area contributed by atoms with E-state index >= 15 is 0 Å². The minimum absolute atomic E-state index is 0.768. The van der Waals surface area contributed by atoms with Crippen molar-refractivity contribution in [3.05, 3.63) is 40.6 Å². The molecule has 2 aromatic rings. The predicted octanol–water partition coefficient (Wildman–Crippen LogP) is 2.53. The smallest absolute Gasteiger partial charge is 0.0969 e. The summed E-state index contributed by atoms with van der Waals surface area (Å²) < 4.78 is 1.05. The highest BCUT2D eigenvalue weighted by Crippen LogP contribution is 2.12. The minimum Gasteiger partial charge on any atom is -0.311 e. The third kappa shape index (κ3) is 3.38. The maximum atomic E-state index is 4.41. The molecular formula is C12H15BrN4. The molecule has 0 aliphatic heterocycles. The molecule has 0 saturated carbocycles. The summed E-state index contributed by atoms with van der Waals surface area (Å²) in [6.07, 6.45) is 2.92. The lowest BCUT2D eigenvalue weighted by atomic mass is 10.3. The van der Waals surface area contributed by atoms with Crippen molar-refractivity contribution < 1.29 is 0 Å². The fourth-order valence-corrected chi connectivity index (χ4v) is 1.73. The van der Waals surface area contributed by atoms with Crippen molar-refractivity contribution in [2.45, 2.75) is 19.9 Å². The zero-order valence-corrected chi connectivity index (χ0v) is 11.3. The van der Waals surface area contributed by atoms with Crippen LogP contribution in [0.1, 0.15) is 19.0 Å². The van der Waals surface area contributed by atoms with Crippen molar-refractivity contribution >= 4 is 15.9 Å². The monoisotopic (exact) mass is 294 g/mol. The van der Waals surface area contributed by atoms with Gasteiger partial charge in [0.15, 0.2) is 0 Å². The Labute approximate surface area is 109 Å². The van der Waals surface area contributed by atoms with Crippen LogP contribution in [0, 0.1) is 0 Å². The lowest BCUT2D eigenvalue weighted by molar-refractivity contribution is 0.651. The second-order valence-electron chi connectivity index (χ2n) is 3.78. The zero-order valence-electron chi connectivity index (χ0n) is 9.73. The highest BCUT2D eigenvalue weighted by molar-refractivity contribution is 9.10. The van der Waals surface area contributed by atoms with Gasteiger partial charge in [-0.25, -0.2) is 0 Å². The average molecular weight is 295 g/mol. The summed E-state index contributed by atoms with van der Waals surface area (Å²) in [5, 5.41) is 12.0. The number of hydrogen-bond acceptors (Lipinski definition) is 3. The number of hydrogen-bond donors (Lipinski definition) is 1. The maximum Gasteiger partial charge on any atom is 0.0969 e. The molecule has 0 spiro atoms. The summed E-state index contributed by atoms with van der Waals surface area (Å²) in [7, 11) is 0. The van der Waals surface area contributed by atoms with Gasteiger partial charge in [-0.05, 0) is 37.2 Å². The van der Waals surface area contributed by atoms with Gasteiger partial charge in [-0.15, -0.1) is 0 Å². The summed E-state index contributed by atoms with van der Waals surface area (Å²) >= 11 is 3.41. The molecular weight excluding hydrogens is 280 g/mol. The standard InChI is InChI=1S/C12H15BrN4/c1-2-7-14-8-11-9-15-17(16-11)12-5-3-10(13)4-6-12/h3-6,9,14H,2,7-8H2,1H3. The summed E-state index contributed by atoms with van der Waals surface area (Å²) in [5.74, 6) is 0. The van der Waals surface area contributed by atoms with Gasteiger partial charge in [-0.1, -0.05) is 22.9 Å². The molecule has 0 bridgehead atoms. The first-order valence-electron chi connectivity index (χ1n) is 5.67. The van der Waals surface area contributed by atoms with Gasteiger partial charge in [-0.3, -0.25) is 0 Å². The van der Waals surface area contributed by atoms with E-state index in [1.54, 1.807) is 11.0 Å².